The molecular formula is C16H21N5O2. The number of anilines is 2. The minimum absolute atomic E-state index is 0.0211. The Kier molecular flexibility index (Phi) is 3.37. The van der Waals surface area contributed by atoms with Crippen molar-refractivity contribution in [3.05, 3.63) is 18.2 Å². The van der Waals surface area contributed by atoms with Crippen LogP contribution in [0.1, 0.15) is 6.42 Å². The van der Waals surface area contributed by atoms with Crippen LogP contribution in [-0.2, 0) is 0 Å². The number of piperazine rings is 1. The molecule has 3 heterocycles. The summed E-state index contributed by atoms with van der Waals surface area (Å²) in [6.07, 6.45) is 1.07. The van der Waals surface area contributed by atoms with Gasteiger partial charge in [-0.25, -0.2) is 4.79 Å². The van der Waals surface area contributed by atoms with Crippen LogP contribution >= 0.6 is 0 Å². The van der Waals surface area contributed by atoms with Crippen LogP contribution in [0.5, 0.6) is 0 Å². The lowest BCUT2D eigenvalue weighted by Gasteiger charge is -2.34. The van der Waals surface area contributed by atoms with Crippen molar-refractivity contribution in [3.63, 3.8) is 0 Å². The molecule has 2 bridgehead atoms. The van der Waals surface area contributed by atoms with E-state index < -0.39 is 0 Å². The molecule has 2 amide bonds. The van der Waals surface area contributed by atoms with Crippen LogP contribution in [0.3, 0.4) is 0 Å². The van der Waals surface area contributed by atoms with Gasteiger partial charge in [-0.1, -0.05) is 0 Å². The van der Waals surface area contributed by atoms with Crippen LogP contribution in [0.2, 0.25) is 0 Å². The summed E-state index contributed by atoms with van der Waals surface area (Å²) in [6.45, 7) is 3.88. The number of rotatable bonds is 2. The van der Waals surface area contributed by atoms with E-state index in [1.807, 2.05) is 42.1 Å². The normalized spacial score (nSPS) is 23.3. The smallest absolute Gasteiger partial charge is 0.322 e. The molecule has 2 unspecified atom stereocenters. The third-order valence-corrected chi connectivity index (χ3v) is 4.62. The highest BCUT2D eigenvalue weighted by Gasteiger charge is 2.35. The molecule has 0 saturated carbocycles. The standard InChI is InChI=1S/C16H21N5O2/c1-19(2)16-18-13-9-11(3-4-14(13)23-16)17-15(22)21-8-7-20-6-5-12(21)10-20/h3-4,9,12H,5-8,10H2,1-2H3,(H,17,22). The number of amides is 2. The molecular weight excluding hydrogens is 294 g/mol. The van der Waals surface area contributed by atoms with E-state index in [0.29, 0.717) is 12.1 Å². The number of fused-ring (bicyclic) bond motifs is 3. The topological polar surface area (TPSA) is 64.9 Å². The van der Waals surface area contributed by atoms with Gasteiger partial charge in [-0.15, -0.1) is 0 Å². The number of aromatic nitrogens is 1. The zero-order valence-electron chi connectivity index (χ0n) is 13.5. The Bertz CT molecular complexity index is 741. The minimum Gasteiger partial charge on any atom is -0.423 e. The van der Waals surface area contributed by atoms with E-state index in [-0.39, 0.29) is 6.03 Å². The Balaban J connectivity index is 1.51. The first-order valence-electron chi connectivity index (χ1n) is 7.98. The van der Waals surface area contributed by atoms with Gasteiger partial charge < -0.3 is 19.5 Å². The van der Waals surface area contributed by atoms with Crippen molar-refractivity contribution in [1.82, 2.24) is 14.8 Å². The summed E-state index contributed by atoms with van der Waals surface area (Å²) < 4.78 is 5.63. The average Bonchev–Trinajstić information content (AvgIpc) is 3.11. The molecule has 2 aliphatic rings. The van der Waals surface area contributed by atoms with Gasteiger partial charge in [-0.05, 0) is 24.6 Å². The monoisotopic (exact) mass is 315 g/mol. The Morgan fingerprint density at radius 2 is 2.22 bits per heavy atom. The average molecular weight is 315 g/mol. The van der Waals surface area contributed by atoms with E-state index in [2.05, 4.69) is 15.2 Å². The number of hydrogen-bond acceptors (Lipinski definition) is 5. The molecule has 7 heteroatoms. The van der Waals surface area contributed by atoms with Crippen molar-refractivity contribution in [2.45, 2.75) is 12.5 Å². The van der Waals surface area contributed by atoms with Crippen LogP contribution in [-0.4, -0.2) is 67.1 Å². The second-order valence-corrected chi connectivity index (χ2v) is 6.44. The highest BCUT2D eigenvalue weighted by Crippen LogP contribution is 2.25. The molecule has 1 aromatic heterocycles. The van der Waals surface area contributed by atoms with Crippen molar-refractivity contribution in [1.29, 1.82) is 0 Å². The quantitative estimate of drug-likeness (QED) is 0.916. The number of carbonyl (C=O) groups is 1. The fourth-order valence-corrected chi connectivity index (χ4v) is 3.35. The number of carbonyl (C=O) groups excluding carboxylic acids is 1. The van der Waals surface area contributed by atoms with Gasteiger partial charge in [0.15, 0.2) is 5.58 Å². The van der Waals surface area contributed by atoms with E-state index in [1.54, 1.807) is 0 Å². The Hall–Kier alpha value is -2.28. The van der Waals surface area contributed by atoms with Crippen LogP contribution in [0, 0.1) is 0 Å². The molecule has 2 saturated heterocycles. The van der Waals surface area contributed by atoms with E-state index in [9.17, 15) is 4.79 Å². The van der Waals surface area contributed by atoms with Crippen LogP contribution in [0.15, 0.2) is 22.6 Å². The molecule has 1 aromatic carbocycles. The Morgan fingerprint density at radius 3 is 3.04 bits per heavy atom. The lowest BCUT2D eigenvalue weighted by atomic mass is 10.2. The summed E-state index contributed by atoms with van der Waals surface area (Å²) in [5.74, 6) is 0. The molecule has 0 aliphatic carbocycles. The molecule has 23 heavy (non-hydrogen) atoms. The van der Waals surface area contributed by atoms with Crippen molar-refractivity contribution >= 4 is 28.8 Å². The van der Waals surface area contributed by atoms with E-state index >= 15 is 0 Å². The second kappa shape index (κ2) is 5.42. The number of urea groups is 1. The van der Waals surface area contributed by atoms with Crippen molar-refractivity contribution in [2.24, 2.45) is 0 Å². The maximum absolute atomic E-state index is 12.5. The predicted octanol–water partition coefficient (Wildman–Crippen LogP) is 1.82. The lowest BCUT2D eigenvalue weighted by molar-refractivity contribution is 0.153. The number of oxazole rings is 1. The molecule has 2 atom stereocenters. The fourth-order valence-electron chi connectivity index (χ4n) is 3.35. The molecule has 2 fully saturated rings. The largest absolute Gasteiger partial charge is 0.423 e. The third-order valence-electron chi connectivity index (χ3n) is 4.62. The van der Waals surface area contributed by atoms with Gasteiger partial charge >= 0.3 is 6.03 Å². The summed E-state index contributed by atoms with van der Waals surface area (Å²) in [4.78, 5) is 23.2. The maximum Gasteiger partial charge on any atom is 0.322 e. The summed E-state index contributed by atoms with van der Waals surface area (Å²) in [5.41, 5.74) is 2.22. The summed E-state index contributed by atoms with van der Waals surface area (Å²) >= 11 is 0. The van der Waals surface area contributed by atoms with E-state index in [4.69, 9.17) is 4.42 Å². The molecule has 0 spiro atoms. The van der Waals surface area contributed by atoms with Gasteiger partial charge in [0, 0.05) is 52.0 Å². The molecule has 1 N–H and O–H groups in total. The van der Waals surface area contributed by atoms with Crippen molar-refractivity contribution in [3.8, 4) is 0 Å². The highest BCUT2D eigenvalue weighted by atomic mass is 16.4. The molecule has 122 valence electrons. The number of nitrogens with zero attached hydrogens (tertiary/aromatic N) is 4. The fraction of sp³-hybridized carbons (Fsp3) is 0.500. The number of nitrogens with one attached hydrogen (secondary N) is 1. The Morgan fingerprint density at radius 1 is 1.35 bits per heavy atom. The van der Waals surface area contributed by atoms with Crippen LogP contribution in [0.25, 0.3) is 11.1 Å². The van der Waals surface area contributed by atoms with Gasteiger partial charge in [0.05, 0.1) is 0 Å². The zero-order chi connectivity index (χ0) is 16.0. The first-order chi connectivity index (χ1) is 11.1. The Labute approximate surface area is 134 Å². The first-order valence-corrected chi connectivity index (χ1v) is 7.98. The van der Waals surface area contributed by atoms with Gasteiger partial charge in [-0.2, -0.15) is 4.98 Å². The molecule has 0 radical (unpaired) electrons. The number of hydrogen-bond donors (Lipinski definition) is 1. The minimum atomic E-state index is -0.0211. The first kappa shape index (κ1) is 14.3. The van der Waals surface area contributed by atoms with Gasteiger partial charge in [0.25, 0.3) is 6.01 Å². The molecule has 4 rings (SSSR count). The van der Waals surface area contributed by atoms with Crippen LogP contribution in [0.4, 0.5) is 16.5 Å². The SMILES string of the molecule is CN(C)c1nc2cc(NC(=O)N3CCN4CCC3C4)ccc2o1. The summed E-state index contributed by atoms with van der Waals surface area (Å²) in [6, 6.07) is 6.45. The number of benzene rings is 1. The summed E-state index contributed by atoms with van der Waals surface area (Å²) in [7, 11) is 3.77. The highest BCUT2D eigenvalue weighted by molar-refractivity contribution is 5.92. The summed E-state index contributed by atoms with van der Waals surface area (Å²) in [5, 5.41) is 3.00. The predicted molar refractivity (Wildman–Crippen MR) is 88.9 cm³/mol. The lowest BCUT2D eigenvalue weighted by Crippen LogP contribution is -2.50. The second-order valence-electron chi connectivity index (χ2n) is 6.44. The third kappa shape index (κ3) is 2.61. The zero-order valence-corrected chi connectivity index (χ0v) is 13.5. The maximum atomic E-state index is 12.5. The van der Waals surface area contributed by atoms with E-state index in [1.165, 1.54) is 0 Å². The van der Waals surface area contributed by atoms with Gasteiger partial charge in [0.2, 0.25) is 0 Å². The van der Waals surface area contributed by atoms with Gasteiger partial charge in [-0.3, -0.25) is 4.90 Å². The molecule has 7 nitrogen and oxygen atoms in total. The van der Waals surface area contributed by atoms with Gasteiger partial charge in [0.1, 0.15) is 5.52 Å². The van der Waals surface area contributed by atoms with Crippen molar-refractivity contribution < 1.29 is 9.21 Å². The van der Waals surface area contributed by atoms with E-state index in [0.717, 1.165) is 49.4 Å². The molecule has 2 aliphatic heterocycles. The molecule has 2 aromatic rings. The van der Waals surface area contributed by atoms with Crippen LogP contribution < -0.4 is 10.2 Å². The van der Waals surface area contributed by atoms with Crippen molar-refractivity contribution in [2.75, 3.05) is 50.5 Å².